The van der Waals surface area contributed by atoms with Crippen molar-refractivity contribution in [3.05, 3.63) is 35.8 Å². The van der Waals surface area contributed by atoms with Gasteiger partial charge in [0.2, 0.25) is 5.60 Å². The van der Waals surface area contributed by atoms with Gasteiger partial charge >= 0.3 is 0 Å². The van der Waals surface area contributed by atoms with Gasteiger partial charge in [0, 0.05) is 31.6 Å². The van der Waals surface area contributed by atoms with Crippen LogP contribution in [0.25, 0.3) is 0 Å². The summed E-state index contributed by atoms with van der Waals surface area (Å²) in [5.74, 6) is 0.0335. The molecule has 1 saturated carbocycles. The summed E-state index contributed by atoms with van der Waals surface area (Å²) >= 11 is 0. The Morgan fingerprint density at radius 3 is 2.59 bits per heavy atom. The van der Waals surface area contributed by atoms with Gasteiger partial charge in [0.1, 0.15) is 5.76 Å². The Kier molecular flexibility index (Phi) is 6.77. The summed E-state index contributed by atoms with van der Waals surface area (Å²) < 4.78 is 5.48. The van der Waals surface area contributed by atoms with E-state index in [1.165, 1.54) is 11.8 Å². The molecule has 3 rings (SSSR count). The van der Waals surface area contributed by atoms with Crippen LogP contribution in [0.2, 0.25) is 0 Å². The van der Waals surface area contributed by atoms with E-state index in [1.807, 2.05) is 0 Å². The molecule has 0 aromatic carbocycles. The highest BCUT2D eigenvalue weighted by atomic mass is 16.4. The molecule has 2 aliphatic rings. The maximum atomic E-state index is 13.1. The number of likely N-dealkylation sites (tertiary alicyclic amines) is 1. The number of rotatable bonds is 7. The first-order chi connectivity index (χ1) is 13.0. The third kappa shape index (κ3) is 4.82. The Hall–Kier alpha value is -1.59. The topological polar surface area (TPSA) is 65.7 Å². The highest BCUT2D eigenvalue weighted by Gasteiger charge is 2.49. The van der Waals surface area contributed by atoms with E-state index in [1.54, 1.807) is 12.1 Å². The molecule has 0 radical (unpaired) electrons. The van der Waals surface area contributed by atoms with Crippen LogP contribution in [0.4, 0.5) is 0 Å². The first kappa shape index (κ1) is 20.2. The van der Waals surface area contributed by atoms with Crippen LogP contribution in [-0.2, 0) is 10.4 Å². The molecule has 2 heterocycles. The van der Waals surface area contributed by atoms with Gasteiger partial charge in [0.15, 0.2) is 0 Å². The van der Waals surface area contributed by atoms with Gasteiger partial charge in [-0.1, -0.05) is 24.5 Å². The normalized spacial score (nSPS) is 21.7. The highest BCUT2D eigenvalue weighted by Crippen LogP contribution is 2.41. The average Bonchev–Trinajstić information content (AvgIpc) is 3.36. The van der Waals surface area contributed by atoms with Crippen molar-refractivity contribution in [2.24, 2.45) is 5.92 Å². The van der Waals surface area contributed by atoms with Crippen LogP contribution >= 0.6 is 0 Å². The van der Waals surface area contributed by atoms with Crippen LogP contribution in [0, 0.1) is 5.92 Å². The Balaban J connectivity index is 1.56. The van der Waals surface area contributed by atoms with E-state index in [2.05, 4.69) is 30.1 Å². The van der Waals surface area contributed by atoms with Gasteiger partial charge in [-0.05, 0) is 58.1 Å². The van der Waals surface area contributed by atoms with E-state index >= 15 is 0 Å². The quantitative estimate of drug-likeness (QED) is 0.716. The summed E-state index contributed by atoms with van der Waals surface area (Å²) in [7, 11) is 0. The van der Waals surface area contributed by atoms with E-state index < -0.39 is 5.60 Å². The van der Waals surface area contributed by atoms with Crippen molar-refractivity contribution in [3.8, 4) is 0 Å². The van der Waals surface area contributed by atoms with E-state index in [0.29, 0.717) is 5.76 Å². The minimum absolute atomic E-state index is 0.0622. The van der Waals surface area contributed by atoms with Gasteiger partial charge in [0.25, 0.3) is 5.91 Å². The third-order valence-corrected chi connectivity index (χ3v) is 6.11. The molecule has 1 atom stereocenters. The van der Waals surface area contributed by atoms with Gasteiger partial charge in [-0.15, -0.1) is 0 Å². The van der Waals surface area contributed by atoms with Crippen molar-refractivity contribution in [3.63, 3.8) is 0 Å². The maximum absolute atomic E-state index is 13.1. The number of nitrogens with one attached hydrogen (secondary N) is 1. The fraction of sp³-hybridized carbons (Fsp3) is 0.682. The lowest BCUT2D eigenvalue weighted by atomic mass is 9.82. The SMILES string of the molecule is CC(C)=CCCN1CCC(NC(=O)C(O)(c2ccco2)C2CCCC2)CC1. The van der Waals surface area contributed by atoms with Crippen LogP contribution in [0.15, 0.2) is 34.5 Å². The van der Waals surface area contributed by atoms with Gasteiger partial charge in [-0.2, -0.15) is 0 Å². The molecule has 2 N–H and O–H groups in total. The highest BCUT2D eigenvalue weighted by molar-refractivity contribution is 5.86. The minimum Gasteiger partial charge on any atom is -0.466 e. The number of carbonyl (C=O) groups is 1. The number of nitrogens with zero attached hydrogens (tertiary/aromatic N) is 1. The van der Waals surface area contributed by atoms with Crippen molar-refractivity contribution in [1.29, 1.82) is 0 Å². The van der Waals surface area contributed by atoms with Crippen LogP contribution in [0.5, 0.6) is 0 Å². The summed E-state index contributed by atoms with van der Waals surface area (Å²) in [6.45, 7) is 7.32. The number of hydrogen-bond acceptors (Lipinski definition) is 4. The number of aliphatic hydroxyl groups is 1. The standard InChI is InChI=1S/C22H34N2O3/c1-17(2)7-5-13-24-14-11-19(12-15-24)23-21(25)22(26,18-8-3-4-9-18)20-10-6-16-27-20/h6-7,10,16,18-19,26H,3-5,8-9,11-15H2,1-2H3,(H,23,25). The molecule has 27 heavy (non-hydrogen) atoms. The predicted molar refractivity (Wildman–Crippen MR) is 106 cm³/mol. The molecule has 5 nitrogen and oxygen atoms in total. The van der Waals surface area contributed by atoms with Crippen molar-refractivity contribution in [1.82, 2.24) is 10.2 Å². The van der Waals surface area contributed by atoms with Crippen molar-refractivity contribution < 1.29 is 14.3 Å². The zero-order chi connectivity index (χ0) is 19.3. The Morgan fingerprint density at radius 1 is 1.30 bits per heavy atom. The number of amides is 1. The van der Waals surface area contributed by atoms with Crippen molar-refractivity contribution in [2.45, 2.75) is 70.4 Å². The van der Waals surface area contributed by atoms with Crippen molar-refractivity contribution in [2.75, 3.05) is 19.6 Å². The summed E-state index contributed by atoms with van der Waals surface area (Å²) in [6.07, 6.45) is 10.6. The minimum atomic E-state index is -1.54. The lowest BCUT2D eigenvalue weighted by Gasteiger charge is -2.36. The van der Waals surface area contributed by atoms with Gasteiger partial charge in [-0.25, -0.2) is 0 Å². The summed E-state index contributed by atoms with van der Waals surface area (Å²) in [4.78, 5) is 15.6. The second-order valence-corrected chi connectivity index (χ2v) is 8.38. The van der Waals surface area contributed by atoms with Crippen LogP contribution < -0.4 is 5.32 Å². The second kappa shape index (κ2) is 9.07. The average molecular weight is 375 g/mol. The molecule has 0 bridgehead atoms. The smallest absolute Gasteiger partial charge is 0.260 e. The largest absolute Gasteiger partial charge is 0.466 e. The zero-order valence-corrected chi connectivity index (χ0v) is 16.7. The van der Waals surface area contributed by atoms with Gasteiger partial charge in [-0.3, -0.25) is 4.79 Å². The lowest BCUT2D eigenvalue weighted by molar-refractivity contribution is -0.151. The van der Waals surface area contributed by atoms with Gasteiger partial charge in [0.05, 0.1) is 6.26 Å². The molecule has 0 spiro atoms. The molecule has 5 heteroatoms. The molecule has 1 aromatic heterocycles. The number of furan rings is 1. The first-order valence-electron chi connectivity index (χ1n) is 10.4. The molecule has 1 aliphatic carbocycles. The van der Waals surface area contributed by atoms with E-state index in [0.717, 1.165) is 64.6 Å². The fourth-order valence-electron chi connectivity index (χ4n) is 4.47. The molecule has 1 aliphatic heterocycles. The molecular formula is C22H34N2O3. The molecule has 1 saturated heterocycles. The second-order valence-electron chi connectivity index (χ2n) is 8.38. The van der Waals surface area contributed by atoms with E-state index in [9.17, 15) is 9.90 Å². The molecule has 1 aromatic rings. The van der Waals surface area contributed by atoms with E-state index in [4.69, 9.17) is 4.42 Å². The molecule has 1 unspecified atom stereocenters. The maximum Gasteiger partial charge on any atom is 0.260 e. The lowest BCUT2D eigenvalue weighted by Crippen LogP contribution is -2.54. The number of piperidine rings is 1. The Morgan fingerprint density at radius 2 is 2.00 bits per heavy atom. The van der Waals surface area contributed by atoms with Gasteiger partial charge < -0.3 is 19.7 Å². The molecule has 2 fully saturated rings. The number of hydrogen-bond donors (Lipinski definition) is 2. The zero-order valence-electron chi connectivity index (χ0n) is 16.7. The third-order valence-electron chi connectivity index (χ3n) is 6.11. The molecular weight excluding hydrogens is 340 g/mol. The van der Waals surface area contributed by atoms with Crippen LogP contribution in [-0.4, -0.2) is 41.6 Å². The number of carbonyl (C=O) groups excluding carboxylic acids is 1. The predicted octanol–water partition coefficient (Wildman–Crippen LogP) is 3.59. The Bertz CT molecular complexity index is 622. The summed E-state index contributed by atoms with van der Waals surface area (Å²) in [5, 5.41) is 14.5. The fourth-order valence-corrected chi connectivity index (χ4v) is 4.47. The first-order valence-corrected chi connectivity index (χ1v) is 10.4. The van der Waals surface area contributed by atoms with E-state index in [-0.39, 0.29) is 17.9 Å². The summed E-state index contributed by atoms with van der Waals surface area (Å²) in [5.41, 5.74) is -0.179. The Labute approximate surface area is 162 Å². The summed E-state index contributed by atoms with van der Waals surface area (Å²) in [6, 6.07) is 3.59. The molecule has 1 amide bonds. The molecule has 150 valence electrons. The van der Waals surface area contributed by atoms with Crippen LogP contribution in [0.1, 0.15) is 64.6 Å². The van der Waals surface area contributed by atoms with Crippen molar-refractivity contribution >= 4 is 5.91 Å². The van der Waals surface area contributed by atoms with Crippen LogP contribution in [0.3, 0.4) is 0 Å². The monoisotopic (exact) mass is 374 g/mol. The number of allylic oxidation sites excluding steroid dienone is 1.